The van der Waals surface area contributed by atoms with Gasteiger partial charge in [-0.25, -0.2) is 0 Å². The first kappa shape index (κ1) is 13.8. The standard InChI is InChI=1S/C16H16BrNOS/c1-11(19)13-2-5-16(15(17)8-13)18(14-3-4-14)9-12-6-7-20-10-12/h2,5-8,10,14H,3-4,9H2,1H3. The number of hydrogen-bond acceptors (Lipinski definition) is 3. The second-order valence-electron chi connectivity index (χ2n) is 5.21. The predicted octanol–water partition coefficient (Wildman–Crippen LogP) is 4.88. The molecular formula is C16H16BrNOS. The molecule has 0 radical (unpaired) electrons. The lowest BCUT2D eigenvalue weighted by atomic mass is 10.1. The minimum atomic E-state index is 0.105. The van der Waals surface area contributed by atoms with Crippen molar-refractivity contribution in [3.8, 4) is 0 Å². The molecule has 1 aliphatic carbocycles. The lowest BCUT2D eigenvalue weighted by Gasteiger charge is -2.26. The predicted molar refractivity (Wildman–Crippen MR) is 87.7 cm³/mol. The zero-order chi connectivity index (χ0) is 14.1. The van der Waals surface area contributed by atoms with Gasteiger partial charge in [-0.15, -0.1) is 0 Å². The van der Waals surface area contributed by atoms with E-state index in [0.29, 0.717) is 6.04 Å². The van der Waals surface area contributed by atoms with Gasteiger partial charge in [-0.2, -0.15) is 11.3 Å². The molecule has 1 heterocycles. The number of hydrogen-bond donors (Lipinski definition) is 0. The second kappa shape index (κ2) is 5.70. The van der Waals surface area contributed by atoms with Crippen molar-refractivity contribution in [3.63, 3.8) is 0 Å². The van der Waals surface area contributed by atoms with E-state index in [-0.39, 0.29) is 5.78 Å². The maximum atomic E-state index is 11.4. The molecule has 0 aliphatic heterocycles. The minimum absolute atomic E-state index is 0.105. The third-order valence-corrected chi connectivity index (χ3v) is 4.95. The van der Waals surface area contributed by atoms with Gasteiger partial charge in [0.05, 0.1) is 5.69 Å². The fourth-order valence-electron chi connectivity index (χ4n) is 2.34. The summed E-state index contributed by atoms with van der Waals surface area (Å²) in [5, 5.41) is 4.32. The molecular weight excluding hydrogens is 334 g/mol. The summed E-state index contributed by atoms with van der Waals surface area (Å²) in [6.07, 6.45) is 2.51. The normalized spacial score (nSPS) is 14.3. The molecule has 4 heteroatoms. The summed E-state index contributed by atoms with van der Waals surface area (Å²) in [6.45, 7) is 2.54. The van der Waals surface area contributed by atoms with E-state index in [4.69, 9.17) is 0 Å². The Morgan fingerprint density at radius 2 is 2.20 bits per heavy atom. The molecule has 1 fully saturated rings. The fraction of sp³-hybridized carbons (Fsp3) is 0.312. The van der Waals surface area contributed by atoms with Crippen LogP contribution in [0.25, 0.3) is 0 Å². The van der Waals surface area contributed by atoms with Gasteiger partial charge in [0.2, 0.25) is 0 Å². The van der Waals surface area contributed by atoms with E-state index in [0.717, 1.165) is 16.6 Å². The van der Waals surface area contributed by atoms with Crippen LogP contribution < -0.4 is 4.90 Å². The molecule has 1 aromatic heterocycles. The molecule has 20 heavy (non-hydrogen) atoms. The van der Waals surface area contributed by atoms with Gasteiger partial charge in [0.25, 0.3) is 0 Å². The van der Waals surface area contributed by atoms with Crippen LogP contribution in [0.4, 0.5) is 5.69 Å². The number of thiophene rings is 1. The number of carbonyl (C=O) groups excluding carboxylic acids is 1. The lowest BCUT2D eigenvalue weighted by Crippen LogP contribution is -2.25. The van der Waals surface area contributed by atoms with Crippen LogP contribution in [-0.2, 0) is 6.54 Å². The Bertz CT molecular complexity index is 619. The molecule has 0 N–H and O–H groups in total. The largest absolute Gasteiger partial charge is 0.363 e. The highest BCUT2D eigenvalue weighted by Crippen LogP contribution is 2.37. The average molecular weight is 350 g/mol. The number of ketones is 1. The number of benzene rings is 1. The van der Waals surface area contributed by atoms with Crippen molar-refractivity contribution in [1.82, 2.24) is 0 Å². The van der Waals surface area contributed by atoms with Gasteiger partial charge in [0.1, 0.15) is 0 Å². The summed E-state index contributed by atoms with van der Waals surface area (Å²) in [4.78, 5) is 13.9. The van der Waals surface area contributed by atoms with Gasteiger partial charge in [0, 0.05) is 22.6 Å². The summed E-state index contributed by atoms with van der Waals surface area (Å²) < 4.78 is 1.01. The van der Waals surface area contributed by atoms with Crippen LogP contribution in [0.1, 0.15) is 35.7 Å². The van der Waals surface area contributed by atoms with Crippen molar-refractivity contribution >= 4 is 38.7 Å². The lowest BCUT2D eigenvalue weighted by molar-refractivity contribution is 0.101. The molecule has 2 nitrogen and oxygen atoms in total. The average Bonchev–Trinajstić information content (AvgIpc) is 3.14. The molecule has 1 aliphatic rings. The Morgan fingerprint density at radius 1 is 1.40 bits per heavy atom. The summed E-state index contributed by atoms with van der Waals surface area (Å²) in [7, 11) is 0. The van der Waals surface area contributed by atoms with E-state index in [1.807, 2.05) is 12.1 Å². The van der Waals surface area contributed by atoms with Crippen LogP contribution in [0.5, 0.6) is 0 Å². The highest BCUT2D eigenvalue weighted by Gasteiger charge is 2.30. The number of Topliss-reactive ketones (excluding diaryl/α,β-unsaturated/α-hetero) is 1. The quantitative estimate of drug-likeness (QED) is 0.716. The van der Waals surface area contributed by atoms with E-state index in [1.54, 1.807) is 18.3 Å². The van der Waals surface area contributed by atoms with Gasteiger partial charge in [-0.1, -0.05) is 0 Å². The summed E-state index contributed by atoms with van der Waals surface area (Å²) in [6, 6.07) is 8.73. The van der Waals surface area contributed by atoms with E-state index < -0.39 is 0 Å². The monoisotopic (exact) mass is 349 g/mol. The molecule has 0 amide bonds. The maximum absolute atomic E-state index is 11.4. The SMILES string of the molecule is CC(=O)c1ccc(N(Cc2ccsc2)C2CC2)c(Br)c1. The molecule has 0 unspecified atom stereocenters. The molecule has 1 saturated carbocycles. The zero-order valence-electron chi connectivity index (χ0n) is 11.3. The van der Waals surface area contributed by atoms with Crippen molar-refractivity contribution in [3.05, 3.63) is 50.6 Å². The molecule has 0 bridgehead atoms. The smallest absolute Gasteiger partial charge is 0.159 e. The third-order valence-electron chi connectivity index (χ3n) is 3.58. The van der Waals surface area contributed by atoms with E-state index in [9.17, 15) is 4.79 Å². The number of nitrogens with zero attached hydrogens (tertiary/aromatic N) is 1. The highest BCUT2D eigenvalue weighted by molar-refractivity contribution is 9.10. The number of carbonyl (C=O) groups is 1. The van der Waals surface area contributed by atoms with Crippen LogP contribution in [-0.4, -0.2) is 11.8 Å². The number of rotatable bonds is 5. The van der Waals surface area contributed by atoms with Crippen molar-refractivity contribution < 1.29 is 4.79 Å². The Balaban J connectivity index is 1.89. The fourth-order valence-corrected chi connectivity index (χ4v) is 3.60. The second-order valence-corrected chi connectivity index (χ2v) is 6.85. The van der Waals surface area contributed by atoms with E-state index in [2.05, 4.69) is 43.7 Å². The van der Waals surface area contributed by atoms with Crippen LogP contribution in [0.15, 0.2) is 39.5 Å². The summed E-state index contributed by atoms with van der Waals surface area (Å²) in [5.41, 5.74) is 3.29. The van der Waals surface area contributed by atoms with Gasteiger partial charge >= 0.3 is 0 Å². The molecule has 0 atom stereocenters. The minimum Gasteiger partial charge on any atom is -0.363 e. The third kappa shape index (κ3) is 2.96. The first-order valence-corrected chi connectivity index (χ1v) is 8.47. The number of anilines is 1. The Kier molecular flexibility index (Phi) is 3.94. The molecule has 104 valence electrons. The van der Waals surface area contributed by atoms with Gasteiger partial charge in [-0.05, 0) is 76.3 Å². The zero-order valence-corrected chi connectivity index (χ0v) is 13.7. The van der Waals surface area contributed by atoms with Crippen molar-refractivity contribution in [2.45, 2.75) is 32.4 Å². The van der Waals surface area contributed by atoms with Crippen molar-refractivity contribution in [2.24, 2.45) is 0 Å². The van der Waals surface area contributed by atoms with Crippen LogP contribution in [0.3, 0.4) is 0 Å². The van der Waals surface area contributed by atoms with Gasteiger partial charge in [-0.3, -0.25) is 4.79 Å². The van der Waals surface area contributed by atoms with E-state index in [1.165, 1.54) is 24.1 Å². The van der Waals surface area contributed by atoms with Gasteiger partial charge < -0.3 is 4.90 Å². The van der Waals surface area contributed by atoms with Crippen molar-refractivity contribution in [2.75, 3.05) is 4.90 Å². The van der Waals surface area contributed by atoms with Crippen LogP contribution in [0, 0.1) is 0 Å². The van der Waals surface area contributed by atoms with E-state index >= 15 is 0 Å². The van der Waals surface area contributed by atoms with Crippen LogP contribution >= 0.6 is 27.3 Å². The maximum Gasteiger partial charge on any atom is 0.159 e. The topological polar surface area (TPSA) is 20.3 Å². The van der Waals surface area contributed by atoms with Crippen LogP contribution in [0.2, 0.25) is 0 Å². The highest BCUT2D eigenvalue weighted by atomic mass is 79.9. The van der Waals surface area contributed by atoms with Crippen molar-refractivity contribution in [1.29, 1.82) is 0 Å². The first-order valence-electron chi connectivity index (χ1n) is 6.73. The Morgan fingerprint density at radius 3 is 2.75 bits per heavy atom. The molecule has 0 spiro atoms. The Hall–Kier alpha value is -1.13. The molecule has 1 aromatic carbocycles. The molecule has 0 saturated heterocycles. The molecule has 2 aromatic rings. The van der Waals surface area contributed by atoms with Gasteiger partial charge in [0.15, 0.2) is 5.78 Å². The summed E-state index contributed by atoms with van der Waals surface area (Å²) >= 11 is 5.36. The first-order chi connectivity index (χ1) is 9.65. The summed E-state index contributed by atoms with van der Waals surface area (Å²) in [5.74, 6) is 0.105. The Labute approximate surface area is 131 Å². The number of halogens is 1. The molecule has 3 rings (SSSR count).